The van der Waals surface area contributed by atoms with E-state index >= 15 is 0 Å². The molecule has 5 nitrogen and oxygen atoms in total. The maximum Gasteiger partial charge on any atom is 0.191 e. The molecule has 0 radical (unpaired) electrons. The molecule has 0 unspecified atom stereocenters. The van der Waals surface area contributed by atoms with Gasteiger partial charge in [0.1, 0.15) is 12.4 Å². The van der Waals surface area contributed by atoms with Gasteiger partial charge in [-0.15, -0.1) is 0 Å². The third-order valence-electron chi connectivity index (χ3n) is 4.02. The van der Waals surface area contributed by atoms with E-state index in [9.17, 15) is 0 Å². The van der Waals surface area contributed by atoms with Gasteiger partial charge in [0, 0.05) is 32.2 Å². The lowest BCUT2D eigenvalue weighted by Crippen LogP contribution is -2.37. The van der Waals surface area contributed by atoms with Crippen molar-refractivity contribution in [1.82, 2.24) is 15.5 Å². The number of para-hydroxylation sites is 1. The van der Waals surface area contributed by atoms with Crippen molar-refractivity contribution in [3.05, 3.63) is 29.8 Å². The first-order valence-corrected chi connectivity index (χ1v) is 9.12. The number of benzene rings is 1. The Morgan fingerprint density at radius 2 is 1.88 bits per heavy atom. The zero-order valence-electron chi connectivity index (χ0n) is 15.8. The van der Waals surface area contributed by atoms with Gasteiger partial charge >= 0.3 is 0 Å². The maximum atomic E-state index is 5.99. The summed E-state index contributed by atoms with van der Waals surface area (Å²) in [4.78, 5) is 6.62. The van der Waals surface area contributed by atoms with Crippen molar-refractivity contribution in [2.45, 2.75) is 40.2 Å². The number of hydrogen-bond donors (Lipinski definition) is 2. The minimum atomic E-state index is 0.702. The highest BCUT2D eigenvalue weighted by atomic mass is 16.5. The Bertz CT molecular complexity index is 472. The molecule has 5 heteroatoms. The molecule has 1 aromatic rings. The first-order chi connectivity index (χ1) is 11.7. The van der Waals surface area contributed by atoms with Gasteiger partial charge in [0.05, 0.1) is 0 Å². The number of nitrogens with one attached hydrogen (secondary N) is 2. The molecule has 0 amide bonds. The van der Waals surface area contributed by atoms with Crippen LogP contribution in [0.1, 0.15) is 39.2 Å². The number of ether oxygens (including phenoxy) is 1. The van der Waals surface area contributed by atoms with Crippen LogP contribution in [0.5, 0.6) is 5.75 Å². The predicted molar refractivity (Wildman–Crippen MR) is 103 cm³/mol. The van der Waals surface area contributed by atoms with Crippen molar-refractivity contribution in [3.8, 4) is 5.75 Å². The molecule has 0 saturated carbocycles. The molecule has 2 N–H and O–H groups in total. The van der Waals surface area contributed by atoms with Crippen LogP contribution < -0.4 is 15.4 Å². The molecule has 1 rings (SSSR count). The van der Waals surface area contributed by atoms with Crippen molar-refractivity contribution in [2.75, 3.05) is 39.8 Å². The maximum absolute atomic E-state index is 5.99. The van der Waals surface area contributed by atoms with Crippen LogP contribution in [0.4, 0.5) is 0 Å². The van der Waals surface area contributed by atoms with E-state index in [2.05, 4.69) is 47.4 Å². The molecular formula is C19H34N4O. The fourth-order valence-electron chi connectivity index (χ4n) is 2.40. The van der Waals surface area contributed by atoms with Crippen LogP contribution in [0.3, 0.4) is 0 Å². The van der Waals surface area contributed by atoms with Crippen LogP contribution in [-0.2, 0) is 6.54 Å². The molecule has 0 spiro atoms. The molecular weight excluding hydrogens is 300 g/mol. The van der Waals surface area contributed by atoms with Crippen LogP contribution in [0.2, 0.25) is 0 Å². The van der Waals surface area contributed by atoms with Crippen molar-refractivity contribution in [2.24, 2.45) is 4.99 Å². The van der Waals surface area contributed by atoms with E-state index in [1.54, 1.807) is 7.05 Å². The summed E-state index contributed by atoms with van der Waals surface area (Å²) in [7, 11) is 1.80. The van der Waals surface area contributed by atoms with Crippen LogP contribution in [0.25, 0.3) is 0 Å². The Hall–Kier alpha value is -1.75. The summed E-state index contributed by atoms with van der Waals surface area (Å²) in [6, 6.07) is 8.19. The summed E-state index contributed by atoms with van der Waals surface area (Å²) in [5.41, 5.74) is 1.15. The number of unbranched alkanes of at least 4 members (excludes halogenated alkanes) is 1. The van der Waals surface area contributed by atoms with Gasteiger partial charge in [-0.25, -0.2) is 0 Å². The van der Waals surface area contributed by atoms with Gasteiger partial charge in [-0.1, -0.05) is 45.4 Å². The van der Waals surface area contributed by atoms with Gasteiger partial charge < -0.3 is 20.3 Å². The summed E-state index contributed by atoms with van der Waals surface area (Å²) in [5, 5.41) is 6.68. The van der Waals surface area contributed by atoms with Crippen molar-refractivity contribution in [3.63, 3.8) is 0 Å². The van der Waals surface area contributed by atoms with Gasteiger partial charge in [0.2, 0.25) is 0 Å². The van der Waals surface area contributed by atoms with Crippen molar-refractivity contribution in [1.29, 1.82) is 0 Å². The molecule has 0 saturated heterocycles. The monoisotopic (exact) mass is 334 g/mol. The Morgan fingerprint density at radius 1 is 1.12 bits per heavy atom. The number of hydrogen-bond acceptors (Lipinski definition) is 3. The predicted octanol–water partition coefficient (Wildman–Crippen LogP) is 2.87. The molecule has 136 valence electrons. The first-order valence-electron chi connectivity index (χ1n) is 9.12. The average Bonchev–Trinajstić information content (AvgIpc) is 2.62. The van der Waals surface area contributed by atoms with Crippen LogP contribution >= 0.6 is 0 Å². The number of guanidine groups is 1. The summed E-state index contributed by atoms with van der Waals surface area (Å²) in [6.07, 6.45) is 2.32. The third kappa shape index (κ3) is 7.68. The zero-order valence-corrected chi connectivity index (χ0v) is 15.8. The van der Waals surface area contributed by atoms with Crippen LogP contribution in [-0.4, -0.2) is 50.7 Å². The van der Waals surface area contributed by atoms with Gasteiger partial charge in [-0.05, 0) is 25.6 Å². The molecule has 0 aromatic heterocycles. The highest BCUT2D eigenvalue weighted by Crippen LogP contribution is 2.17. The average molecular weight is 335 g/mol. The smallest absolute Gasteiger partial charge is 0.191 e. The lowest BCUT2D eigenvalue weighted by atomic mass is 10.2. The second-order valence-corrected chi connectivity index (χ2v) is 5.69. The molecule has 0 atom stereocenters. The number of aliphatic imine (C=N–C) groups is 1. The summed E-state index contributed by atoms with van der Waals surface area (Å²) >= 11 is 0. The second-order valence-electron chi connectivity index (χ2n) is 5.69. The lowest BCUT2D eigenvalue weighted by Gasteiger charge is -2.19. The first kappa shape index (κ1) is 20.3. The van der Waals surface area contributed by atoms with E-state index in [4.69, 9.17) is 4.74 Å². The van der Waals surface area contributed by atoms with E-state index in [0.717, 1.165) is 49.9 Å². The fourth-order valence-corrected chi connectivity index (χ4v) is 2.40. The molecule has 0 heterocycles. The second kappa shape index (κ2) is 12.6. The van der Waals surface area contributed by atoms with E-state index in [1.807, 2.05) is 18.2 Å². The van der Waals surface area contributed by atoms with Crippen molar-refractivity contribution >= 4 is 5.96 Å². The minimum absolute atomic E-state index is 0.702. The molecule has 0 aliphatic heterocycles. The third-order valence-corrected chi connectivity index (χ3v) is 4.02. The molecule has 0 aliphatic rings. The van der Waals surface area contributed by atoms with Crippen molar-refractivity contribution < 1.29 is 4.74 Å². The Labute approximate surface area is 147 Å². The quantitative estimate of drug-likeness (QED) is 0.371. The van der Waals surface area contributed by atoms with Gasteiger partial charge in [-0.3, -0.25) is 4.99 Å². The molecule has 24 heavy (non-hydrogen) atoms. The van der Waals surface area contributed by atoms with Crippen LogP contribution in [0.15, 0.2) is 29.3 Å². The number of likely N-dealkylation sites (N-methyl/N-ethyl adjacent to an activating group) is 1. The lowest BCUT2D eigenvalue weighted by molar-refractivity contribution is 0.221. The molecule has 1 aromatic carbocycles. The Balaban J connectivity index is 2.50. The topological polar surface area (TPSA) is 48.9 Å². The fraction of sp³-hybridized carbons (Fsp3) is 0.632. The van der Waals surface area contributed by atoms with E-state index in [-0.39, 0.29) is 0 Å². The Kier molecular flexibility index (Phi) is 10.7. The summed E-state index contributed by atoms with van der Waals surface area (Å²) in [6.45, 7) is 12.0. The highest BCUT2D eigenvalue weighted by Gasteiger charge is 2.05. The normalized spacial score (nSPS) is 11.6. The van der Waals surface area contributed by atoms with Crippen LogP contribution in [0, 0.1) is 0 Å². The molecule has 0 aliphatic carbocycles. The minimum Gasteiger partial charge on any atom is -0.492 e. The van der Waals surface area contributed by atoms with Gasteiger partial charge in [-0.2, -0.15) is 0 Å². The molecule has 0 fully saturated rings. The van der Waals surface area contributed by atoms with E-state index in [0.29, 0.717) is 13.2 Å². The Morgan fingerprint density at radius 3 is 2.54 bits per heavy atom. The largest absolute Gasteiger partial charge is 0.492 e. The SMILES string of the molecule is CCCCNC(=NC)NCc1ccccc1OCCN(CC)CC. The standard InChI is InChI=1S/C19H34N4O/c1-5-8-13-21-19(20-4)22-16-17-11-9-10-12-18(17)24-15-14-23(6-2)7-3/h9-12H,5-8,13-16H2,1-4H3,(H2,20,21,22). The van der Waals surface area contributed by atoms with Gasteiger partial charge in [0.15, 0.2) is 5.96 Å². The van der Waals surface area contributed by atoms with E-state index < -0.39 is 0 Å². The number of rotatable bonds is 11. The summed E-state index contributed by atoms with van der Waals surface area (Å²) in [5.74, 6) is 1.78. The summed E-state index contributed by atoms with van der Waals surface area (Å²) < 4.78 is 5.99. The highest BCUT2D eigenvalue weighted by molar-refractivity contribution is 5.79. The molecule has 0 bridgehead atoms. The van der Waals surface area contributed by atoms with E-state index in [1.165, 1.54) is 6.42 Å². The van der Waals surface area contributed by atoms with Gasteiger partial charge in [0.25, 0.3) is 0 Å². The zero-order chi connectivity index (χ0) is 17.6. The number of nitrogens with zero attached hydrogens (tertiary/aromatic N) is 2.